The lowest BCUT2D eigenvalue weighted by Crippen LogP contribution is -2.52. The molecule has 0 spiro atoms. The molecule has 0 radical (unpaired) electrons. The van der Waals surface area contributed by atoms with Crippen molar-refractivity contribution in [2.75, 3.05) is 40.5 Å². The number of aliphatic hydroxyl groups excluding tert-OH is 1. The molecule has 28 heavy (non-hydrogen) atoms. The van der Waals surface area contributed by atoms with Gasteiger partial charge in [0.05, 0.1) is 14.2 Å². The number of rotatable bonds is 8. The van der Waals surface area contributed by atoms with Crippen LogP contribution in [0.4, 0.5) is 0 Å². The van der Waals surface area contributed by atoms with E-state index in [9.17, 15) is 5.11 Å². The Bertz CT molecular complexity index is 765. The van der Waals surface area contributed by atoms with Gasteiger partial charge in [-0.05, 0) is 42.7 Å². The number of methoxy groups -OCH3 is 2. The van der Waals surface area contributed by atoms with Gasteiger partial charge in [-0.3, -0.25) is 9.80 Å². The van der Waals surface area contributed by atoms with Crippen LogP contribution in [0, 0.1) is 6.92 Å². The zero-order valence-corrected chi connectivity index (χ0v) is 17.2. The smallest absolute Gasteiger partial charge is 0.123 e. The highest BCUT2D eigenvalue weighted by Gasteiger charge is 2.27. The summed E-state index contributed by atoms with van der Waals surface area (Å²) < 4.78 is 10.9. The standard InChI is InChI=1S/C23H32N2O3/c1-18-6-4-5-7-19(18)16-25-12-11-24(17-21(25)10-13-26)15-20-14-22(27-2)8-9-23(20)28-3/h4-9,14,21,26H,10-13,15-17H2,1-3H3/t21-/m0/s1. The Morgan fingerprint density at radius 1 is 1.00 bits per heavy atom. The van der Waals surface area contributed by atoms with Crippen molar-refractivity contribution >= 4 is 0 Å². The summed E-state index contributed by atoms with van der Waals surface area (Å²) in [6.07, 6.45) is 0.789. The monoisotopic (exact) mass is 384 g/mol. The van der Waals surface area contributed by atoms with Gasteiger partial charge in [0.1, 0.15) is 11.5 Å². The van der Waals surface area contributed by atoms with E-state index in [1.807, 2.05) is 12.1 Å². The van der Waals surface area contributed by atoms with Crippen LogP contribution in [0.1, 0.15) is 23.1 Å². The first-order chi connectivity index (χ1) is 13.6. The molecule has 0 aliphatic carbocycles. The largest absolute Gasteiger partial charge is 0.497 e. The average molecular weight is 385 g/mol. The predicted octanol–water partition coefficient (Wildman–Crippen LogP) is 3.08. The third kappa shape index (κ3) is 5.04. The molecule has 1 heterocycles. The molecule has 0 saturated carbocycles. The van der Waals surface area contributed by atoms with Gasteiger partial charge in [0, 0.05) is 50.9 Å². The SMILES string of the molecule is COc1ccc(OC)c(CN2CCN(Cc3ccccc3C)[C@@H](CCO)C2)c1. The highest BCUT2D eigenvalue weighted by molar-refractivity contribution is 5.40. The van der Waals surface area contributed by atoms with Crippen molar-refractivity contribution in [2.24, 2.45) is 0 Å². The number of hydrogen-bond donors (Lipinski definition) is 1. The van der Waals surface area contributed by atoms with E-state index in [1.54, 1.807) is 14.2 Å². The van der Waals surface area contributed by atoms with Crippen LogP contribution in [-0.2, 0) is 13.1 Å². The van der Waals surface area contributed by atoms with Gasteiger partial charge in [-0.2, -0.15) is 0 Å². The van der Waals surface area contributed by atoms with E-state index < -0.39 is 0 Å². The number of aliphatic hydroxyl groups is 1. The molecule has 1 aliphatic heterocycles. The van der Waals surface area contributed by atoms with E-state index in [0.717, 1.165) is 56.2 Å². The zero-order valence-electron chi connectivity index (χ0n) is 17.2. The minimum atomic E-state index is 0.214. The Balaban J connectivity index is 1.69. The third-order valence-electron chi connectivity index (χ3n) is 5.67. The molecule has 0 amide bonds. The first-order valence-electron chi connectivity index (χ1n) is 9.97. The maximum absolute atomic E-state index is 9.60. The van der Waals surface area contributed by atoms with Crippen LogP contribution < -0.4 is 9.47 Å². The van der Waals surface area contributed by atoms with Crippen LogP contribution in [0.3, 0.4) is 0 Å². The number of nitrogens with zero attached hydrogens (tertiary/aromatic N) is 2. The molecule has 2 aromatic rings. The number of ether oxygens (including phenoxy) is 2. The van der Waals surface area contributed by atoms with E-state index in [0.29, 0.717) is 6.04 Å². The molecule has 1 aliphatic rings. The van der Waals surface area contributed by atoms with Gasteiger partial charge in [-0.1, -0.05) is 24.3 Å². The van der Waals surface area contributed by atoms with Gasteiger partial charge in [-0.15, -0.1) is 0 Å². The first-order valence-corrected chi connectivity index (χ1v) is 9.97. The first kappa shape index (κ1) is 20.6. The van der Waals surface area contributed by atoms with Crippen molar-refractivity contribution in [1.29, 1.82) is 0 Å². The van der Waals surface area contributed by atoms with E-state index >= 15 is 0 Å². The topological polar surface area (TPSA) is 45.2 Å². The number of hydrogen-bond acceptors (Lipinski definition) is 5. The van der Waals surface area contributed by atoms with Crippen LogP contribution >= 0.6 is 0 Å². The van der Waals surface area contributed by atoms with Gasteiger partial charge in [0.25, 0.3) is 0 Å². The lowest BCUT2D eigenvalue weighted by Gasteiger charge is -2.41. The van der Waals surface area contributed by atoms with Crippen molar-refractivity contribution in [3.63, 3.8) is 0 Å². The molecule has 5 heteroatoms. The van der Waals surface area contributed by atoms with Crippen molar-refractivity contribution in [2.45, 2.75) is 32.5 Å². The fourth-order valence-corrected chi connectivity index (χ4v) is 3.98. The minimum Gasteiger partial charge on any atom is -0.497 e. The number of piperazine rings is 1. The minimum absolute atomic E-state index is 0.214. The summed E-state index contributed by atoms with van der Waals surface area (Å²) in [6.45, 7) is 7.06. The Hall–Kier alpha value is -2.08. The second-order valence-electron chi connectivity index (χ2n) is 7.48. The lowest BCUT2D eigenvalue weighted by molar-refractivity contribution is 0.0495. The van der Waals surface area contributed by atoms with Gasteiger partial charge in [-0.25, -0.2) is 0 Å². The Morgan fingerprint density at radius 3 is 2.54 bits per heavy atom. The molecule has 1 saturated heterocycles. The summed E-state index contributed by atoms with van der Waals surface area (Å²) in [7, 11) is 3.40. The molecule has 1 atom stereocenters. The maximum atomic E-state index is 9.60. The quantitative estimate of drug-likeness (QED) is 0.758. The molecule has 1 fully saturated rings. The second-order valence-corrected chi connectivity index (χ2v) is 7.48. The van der Waals surface area contributed by atoms with E-state index in [1.165, 1.54) is 11.1 Å². The maximum Gasteiger partial charge on any atom is 0.123 e. The fourth-order valence-electron chi connectivity index (χ4n) is 3.98. The molecule has 0 bridgehead atoms. The lowest BCUT2D eigenvalue weighted by atomic mass is 10.0. The molecule has 152 valence electrons. The van der Waals surface area contributed by atoms with Gasteiger partial charge >= 0.3 is 0 Å². The van der Waals surface area contributed by atoms with Crippen molar-refractivity contribution in [1.82, 2.24) is 9.80 Å². The molecule has 0 aromatic heterocycles. The van der Waals surface area contributed by atoms with Gasteiger partial charge in [0.2, 0.25) is 0 Å². The summed E-state index contributed by atoms with van der Waals surface area (Å²) in [5.74, 6) is 1.74. The van der Waals surface area contributed by atoms with E-state index in [-0.39, 0.29) is 6.61 Å². The summed E-state index contributed by atoms with van der Waals surface area (Å²) >= 11 is 0. The molecular formula is C23H32N2O3. The van der Waals surface area contributed by atoms with Crippen molar-refractivity contribution in [3.05, 3.63) is 59.2 Å². The van der Waals surface area contributed by atoms with Crippen molar-refractivity contribution < 1.29 is 14.6 Å². The summed E-state index contributed by atoms with van der Waals surface area (Å²) in [5.41, 5.74) is 3.83. The summed E-state index contributed by atoms with van der Waals surface area (Å²) in [4.78, 5) is 4.96. The average Bonchev–Trinajstić information content (AvgIpc) is 2.71. The normalized spacial score (nSPS) is 18.2. The number of benzene rings is 2. The van der Waals surface area contributed by atoms with Crippen molar-refractivity contribution in [3.8, 4) is 11.5 Å². The molecular weight excluding hydrogens is 352 g/mol. The van der Waals surface area contributed by atoms with Crippen LogP contribution in [0.15, 0.2) is 42.5 Å². The summed E-state index contributed by atoms with van der Waals surface area (Å²) in [6, 6.07) is 14.9. The van der Waals surface area contributed by atoms with Gasteiger partial charge in [0.15, 0.2) is 0 Å². The Labute approximate surface area is 168 Å². The predicted molar refractivity (Wildman–Crippen MR) is 112 cm³/mol. The van der Waals surface area contributed by atoms with Gasteiger partial charge < -0.3 is 14.6 Å². The highest BCUT2D eigenvalue weighted by atomic mass is 16.5. The molecule has 0 unspecified atom stereocenters. The van der Waals surface area contributed by atoms with Crippen LogP contribution in [0.25, 0.3) is 0 Å². The van der Waals surface area contributed by atoms with E-state index in [4.69, 9.17) is 9.47 Å². The van der Waals surface area contributed by atoms with Crippen LogP contribution in [-0.4, -0.2) is 61.4 Å². The highest BCUT2D eigenvalue weighted by Crippen LogP contribution is 2.27. The zero-order chi connectivity index (χ0) is 19.9. The molecule has 1 N–H and O–H groups in total. The Morgan fingerprint density at radius 2 is 1.82 bits per heavy atom. The summed E-state index contributed by atoms with van der Waals surface area (Å²) in [5, 5.41) is 9.60. The number of aryl methyl sites for hydroxylation is 1. The van der Waals surface area contributed by atoms with Crippen LogP contribution in [0.5, 0.6) is 11.5 Å². The second kappa shape index (κ2) is 9.92. The molecule has 5 nitrogen and oxygen atoms in total. The Kier molecular flexibility index (Phi) is 7.31. The third-order valence-corrected chi connectivity index (χ3v) is 5.67. The fraction of sp³-hybridized carbons (Fsp3) is 0.478. The van der Waals surface area contributed by atoms with Crippen LogP contribution in [0.2, 0.25) is 0 Å². The van der Waals surface area contributed by atoms with E-state index in [2.05, 4.69) is 47.1 Å². The molecule has 2 aromatic carbocycles. The molecule has 3 rings (SSSR count).